The van der Waals surface area contributed by atoms with Crippen LogP contribution in [0, 0.1) is 0 Å². The molecule has 56 heavy (non-hydrogen) atoms. The van der Waals surface area contributed by atoms with E-state index in [1.54, 1.807) is 0 Å². The molecule has 3 aliphatic rings. The fourth-order valence-electron chi connectivity index (χ4n) is 6.11. The lowest BCUT2D eigenvalue weighted by Crippen LogP contribution is -2.60. The van der Waals surface area contributed by atoms with E-state index in [-0.39, 0.29) is 39.9 Å². The van der Waals surface area contributed by atoms with Gasteiger partial charge in [0.2, 0.25) is 12.6 Å². The van der Waals surface area contributed by atoms with Crippen molar-refractivity contribution >= 4 is 18.1 Å². The number of aliphatic hydroxyl groups is 7. The Labute approximate surface area is 317 Å². The molecular weight excluding hydrogens is 748 g/mol. The van der Waals surface area contributed by atoms with Crippen molar-refractivity contribution in [3.63, 3.8) is 0 Å². The first-order chi connectivity index (χ1) is 26.7. The summed E-state index contributed by atoms with van der Waals surface area (Å²) in [6, 6.07) is 10.3. The summed E-state index contributed by atoms with van der Waals surface area (Å²) in [6.45, 7) is -1.38. The van der Waals surface area contributed by atoms with Gasteiger partial charge in [-0.25, -0.2) is 4.79 Å². The van der Waals surface area contributed by atoms with Gasteiger partial charge in [0.15, 0.2) is 29.1 Å². The molecule has 3 aromatic rings. The standard InChI is InChI=1S/C37H40O19/c1-50-24-8-15(2-5-20(24)41)3-7-28(43)51-14-27-30(45)32(47)34(49)37(56-27)54-25-12-18-22(52-35(25)16-4-6-19(40)21(42)9-16)10-17(39)11-23(18)53-36-33(48)31(46)29(44)26(13-38)55-36/h2-12,26-27,29-42,44-49H,13-14H2,1H3. The van der Waals surface area contributed by atoms with Crippen molar-refractivity contribution in [2.24, 2.45) is 0 Å². The van der Waals surface area contributed by atoms with Crippen LogP contribution in [0.2, 0.25) is 0 Å². The summed E-state index contributed by atoms with van der Waals surface area (Å²) in [5, 5.41) is 114. The summed E-state index contributed by atoms with van der Waals surface area (Å²) >= 11 is 0. The van der Waals surface area contributed by atoms with Crippen molar-refractivity contribution in [2.75, 3.05) is 20.3 Å². The summed E-state index contributed by atoms with van der Waals surface area (Å²) in [5.41, 5.74) is 0.658. The summed E-state index contributed by atoms with van der Waals surface area (Å²) in [4.78, 5) is 12.6. The second-order valence-corrected chi connectivity index (χ2v) is 13.0. The molecule has 3 heterocycles. The number of benzene rings is 3. The van der Waals surface area contributed by atoms with Crippen molar-refractivity contribution in [1.82, 2.24) is 0 Å². The molecule has 11 unspecified atom stereocenters. The largest absolute Gasteiger partial charge is 0.508 e. The zero-order valence-corrected chi connectivity index (χ0v) is 29.3. The fraction of sp³-hybridized carbons (Fsp3) is 0.378. The molecule has 0 aromatic heterocycles. The van der Waals surface area contributed by atoms with Gasteiger partial charge in [0, 0.05) is 23.8 Å². The monoisotopic (exact) mass is 788 g/mol. The number of rotatable bonds is 11. The number of hydrogen-bond acceptors (Lipinski definition) is 19. The Hall–Kier alpha value is -5.35. The van der Waals surface area contributed by atoms with Crippen LogP contribution in [-0.2, 0) is 23.7 Å². The summed E-state index contributed by atoms with van der Waals surface area (Å²) in [5.74, 6) is -2.77. The Morgan fingerprint density at radius 2 is 1.39 bits per heavy atom. The van der Waals surface area contributed by atoms with E-state index in [0.717, 1.165) is 24.3 Å². The number of fused-ring (bicyclic) bond motifs is 1. The van der Waals surface area contributed by atoms with E-state index < -0.39 is 104 Å². The van der Waals surface area contributed by atoms with E-state index in [1.165, 1.54) is 49.6 Å². The molecule has 2 saturated heterocycles. The lowest BCUT2D eigenvalue weighted by Gasteiger charge is -2.41. The maximum Gasteiger partial charge on any atom is 0.330 e. The molecule has 0 radical (unpaired) electrons. The molecule has 2 fully saturated rings. The van der Waals surface area contributed by atoms with Crippen molar-refractivity contribution in [2.45, 2.75) is 67.5 Å². The molecule has 0 saturated carbocycles. The third-order valence-corrected chi connectivity index (χ3v) is 9.20. The first-order valence-electron chi connectivity index (χ1n) is 17.0. The highest BCUT2D eigenvalue weighted by atomic mass is 16.7. The lowest BCUT2D eigenvalue weighted by molar-refractivity contribution is -0.294. The smallest absolute Gasteiger partial charge is 0.330 e. The highest BCUT2D eigenvalue weighted by Gasteiger charge is 2.48. The van der Waals surface area contributed by atoms with E-state index in [4.69, 9.17) is 33.2 Å². The van der Waals surface area contributed by atoms with Gasteiger partial charge in [-0.05, 0) is 42.0 Å². The van der Waals surface area contributed by atoms with Crippen molar-refractivity contribution in [3.8, 4) is 40.2 Å². The highest BCUT2D eigenvalue weighted by molar-refractivity contribution is 5.87. The molecule has 0 spiro atoms. The number of carbonyl (C=O) groups excluding carboxylic acids is 1. The number of aliphatic hydroxyl groups excluding tert-OH is 7. The molecule has 19 heteroatoms. The van der Waals surface area contributed by atoms with Crippen molar-refractivity contribution < 1.29 is 94.1 Å². The zero-order chi connectivity index (χ0) is 40.4. The Balaban J connectivity index is 1.27. The number of esters is 1. The molecule has 6 rings (SSSR count). The average Bonchev–Trinajstić information content (AvgIpc) is 3.18. The maximum absolute atomic E-state index is 12.6. The summed E-state index contributed by atoms with van der Waals surface area (Å²) in [7, 11) is 1.36. The van der Waals surface area contributed by atoms with E-state index in [9.17, 15) is 61.0 Å². The third kappa shape index (κ3) is 8.40. The number of ether oxygens (including phenoxy) is 7. The highest BCUT2D eigenvalue weighted by Crippen LogP contribution is 2.46. The topological polar surface area (TPSA) is 304 Å². The third-order valence-electron chi connectivity index (χ3n) is 9.20. The van der Waals surface area contributed by atoms with Crippen LogP contribution in [0.4, 0.5) is 0 Å². The molecule has 0 aliphatic carbocycles. The van der Waals surface area contributed by atoms with Crippen LogP contribution in [0.15, 0.2) is 60.4 Å². The lowest BCUT2D eigenvalue weighted by atomic mass is 9.98. The predicted octanol–water partition coefficient (Wildman–Crippen LogP) is -0.748. The van der Waals surface area contributed by atoms with Crippen LogP contribution in [0.5, 0.6) is 40.2 Å². The number of phenols is 4. The first-order valence-corrected chi connectivity index (χ1v) is 17.0. The van der Waals surface area contributed by atoms with Gasteiger partial charge in [0.1, 0.15) is 78.4 Å². The van der Waals surface area contributed by atoms with Gasteiger partial charge in [0.05, 0.1) is 19.3 Å². The summed E-state index contributed by atoms with van der Waals surface area (Å²) < 4.78 is 39.5. The Bertz CT molecular complexity index is 1950. The molecule has 0 bridgehead atoms. The molecule has 11 atom stereocenters. The number of aromatic hydroxyl groups is 4. The molecule has 3 aliphatic heterocycles. The van der Waals surface area contributed by atoms with Gasteiger partial charge in [-0.2, -0.15) is 0 Å². The second-order valence-electron chi connectivity index (χ2n) is 13.0. The van der Waals surface area contributed by atoms with E-state index in [1.807, 2.05) is 0 Å². The van der Waals surface area contributed by atoms with E-state index >= 15 is 0 Å². The quantitative estimate of drug-likeness (QED) is 0.0647. The Morgan fingerprint density at radius 3 is 2.07 bits per heavy atom. The molecule has 11 N–H and O–H groups in total. The molecule has 3 aromatic carbocycles. The van der Waals surface area contributed by atoms with Crippen LogP contribution in [0.1, 0.15) is 22.8 Å². The number of methoxy groups -OCH3 is 1. The number of phenolic OH excluding ortho intramolecular Hbond substituents is 4. The molecule has 302 valence electrons. The minimum Gasteiger partial charge on any atom is -0.508 e. The normalized spacial score (nSPS) is 30.1. The Kier molecular flexibility index (Phi) is 12.1. The average molecular weight is 789 g/mol. The molecular formula is C37H40O19. The van der Waals surface area contributed by atoms with Crippen molar-refractivity contribution in [3.05, 3.63) is 77.1 Å². The van der Waals surface area contributed by atoms with Gasteiger partial charge in [-0.1, -0.05) is 12.1 Å². The van der Waals surface area contributed by atoms with Crippen LogP contribution >= 0.6 is 0 Å². The van der Waals surface area contributed by atoms with Crippen LogP contribution in [0.3, 0.4) is 0 Å². The van der Waals surface area contributed by atoms with Gasteiger partial charge >= 0.3 is 5.97 Å². The Morgan fingerprint density at radius 1 is 0.732 bits per heavy atom. The second kappa shape index (κ2) is 16.8. The summed E-state index contributed by atoms with van der Waals surface area (Å²) in [6.07, 6.45) is -14.8. The minimum absolute atomic E-state index is 0.0170. The van der Waals surface area contributed by atoms with Crippen LogP contribution in [-0.4, -0.2) is 144 Å². The van der Waals surface area contributed by atoms with Crippen LogP contribution < -0.4 is 14.2 Å². The first kappa shape index (κ1) is 40.3. The van der Waals surface area contributed by atoms with Gasteiger partial charge in [-0.15, -0.1) is 0 Å². The predicted molar refractivity (Wildman–Crippen MR) is 186 cm³/mol. The van der Waals surface area contributed by atoms with E-state index in [0.29, 0.717) is 5.56 Å². The van der Waals surface area contributed by atoms with Gasteiger partial charge in [0.25, 0.3) is 0 Å². The zero-order valence-electron chi connectivity index (χ0n) is 29.3. The van der Waals surface area contributed by atoms with Crippen LogP contribution in [0.25, 0.3) is 12.2 Å². The maximum atomic E-state index is 12.6. The van der Waals surface area contributed by atoms with E-state index in [2.05, 4.69) is 0 Å². The van der Waals surface area contributed by atoms with Gasteiger partial charge in [-0.3, -0.25) is 0 Å². The molecule has 19 nitrogen and oxygen atoms in total. The fourth-order valence-corrected chi connectivity index (χ4v) is 6.11. The minimum atomic E-state index is -1.91. The molecule has 0 amide bonds. The number of hydrogen-bond donors (Lipinski definition) is 11. The SMILES string of the molecule is COc1cc(C=CC(=O)OCC2OC(OC3=Cc4c(cc(O)cc4OC4OC(CO)C(O)C(O)C4O)OC3c3ccc(O)c(O)c3)C(O)C(O)C2O)ccc1O. The van der Waals surface area contributed by atoms with Crippen molar-refractivity contribution in [1.29, 1.82) is 0 Å². The van der Waals surface area contributed by atoms with Gasteiger partial charge < -0.3 is 89.3 Å². The number of carbonyl (C=O) groups is 1.